The first-order chi connectivity index (χ1) is 15.1. The van der Waals surface area contributed by atoms with Crippen molar-refractivity contribution < 1.29 is 43.0 Å². The molecule has 0 radical (unpaired) electrons. The van der Waals surface area contributed by atoms with Crippen molar-refractivity contribution in [2.45, 2.75) is 116 Å². The maximum absolute atomic E-state index is 12.2. The number of Topliss-reactive ketones (excluding diaryl/α,β-unsaturated/α-hetero) is 1. The Labute approximate surface area is 190 Å². The molecule has 1 amide bonds. The van der Waals surface area contributed by atoms with E-state index in [2.05, 4.69) is 12.2 Å². The lowest BCUT2D eigenvalue weighted by atomic mass is 9.94. The maximum Gasteiger partial charge on any atom is 0.472 e. The van der Waals surface area contributed by atoms with E-state index in [1.54, 1.807) is 6.92 Å². The van der Waals surface area contributed by atoms with Crippen molar-refractivity contribution in [1.29, 1.82) is 0 Å². The standard InChI is InChI=1S/C21H40NO9P/c1-4-6-7-8-9-10-11-12-13-29-20-18(22-17(24)14-15(3)23)21(31-32(26,27)28)30-16(5-2)19(20)25/h16,18-21,25H,4-14H2,1-3H3,(H,22,24)(H2,26,27,28)/t16?,18-,19-,20-,21-/m1/s1. The summed E-state index contributed by atoms with van der Waals surface area (Å²) in [5, 5.41) is 13.2. The van der Waals surface area contributed by atoms with Gasteiger partial charge in [0, 0.05) is 6.61 Å². The van der Waals surface area contributed by atoms with Gasteiger partial charge in [0.1, 0.15) is 24.0 Å². The highest BCUT2D eigenvalue weighted by Gasteiger charge is 2.48. The van der Waals surface area contributed by atoms with Gasteiger partial charge in [-0.3, -0.25) is 14.1 Å². The molecule has 1 unspecified atom stereocenters. The summed E-state index contributed by atoms with van der Waals surface area (Å²) in [6.45, 7) is 5.47. The molecule has 0 spiro atoms. The van der Waals surface area contributed by atoms with Gasteiger partial charge in [0.15, 0.2) is 6.29 Å². The van der Waals surface area contributed by atoms with Crippen LogP contribution in [0.15, 0.2) is 0 Å². The minimum absolute atomic E-state index is 0.300. The molecule has 1 saturated heterocycles. The van der Waals surface area contributed by atoms with Crippen molar-refractivity contribution in [2.24, 2.45) is 0 Å². The van der Waals surface area contributed by atoms with Crippen LogP contribution in [-0.4, -0.2) is 63.8 Å². The predicted molar refractivity (Wildman–Crippen MR) is 118 cm³/mol. The third-order valence-corrected chi connectivity index (χ3v) is 5.84. The van der Waals surface area contributed by atoms with E-state index in [0.717, 1.165) is 25.7 Å². The fourth-order valence-corrected chi connectivity index (χ4v) is 4.20. The Balaban J connectivity index is 2.76. The van der Waals surface area contributed by atoms with Gasteiger partial charge >= 0.3 is 7.82 Å². The second kappa shape index (κ2) is 15.1. The van der Waals surface area contributed by atoms with E-state index in [0.29, 0.717) is 13.0 Å². The zero-order valence-electron chi connectivity index (χ0n) is 19.4. The minimum atomic E-state index is -4.96. The number of rotatable bonds is 16. The average Bonchev–Trinajstić information content (AvgIpc) is 2.68. The minimum Gasteiger partial charge on any atom is -0.388 e. The van der Waals surface area contributed by atoms with Gasteiger partial charge in [-0.15, -0.1) is 0 Å². The average molecular weight is 482 g/mol. The molecule has 0 aliphatic carbocycles. The van der Waals surface area contributed by atoms with E-state index < -0.39 is 50.8 Å². The van der Waals surface area contributed by atoms with Crippen molar-refractivity contribution in [1.82, 2.24) is 5.32 Å². The van der Waals surface area contributed by atoms with Gasteiger partial charge in [-0.25, -0.2) is 4.57 Å². The summed E-state index contributed by atoms with van der Waals surface area (Å²) in [4.78, 5) is 42.0. The van der Waals surface area contributed by atoms with Gasteiger partial charge in [0.2, 0.25) is 5.91 Å². The Hall–Kier alpha value is -0.870. The second-order valence-corrected chi connectivity index (χ2v) is 9.51. The second-order valence-electron chi connectivity index (χ2n) is 8.32. The van der Waals surface area contributed by atoms with Gasteiger partial charge in [-0.2, -0.15) is 0 Å². The van der Waals surface area contributed by atoms with Crippen LogP contribution in [0, 0.1) is 0 Å². The van der Waals surface area contributed by atoms with E-state index in [1.807, 2.05) is 0 Å². The van der Waals surface area contributed by atoms with Crippen LogP contribution in [0.2, 0.25) is 0 Å². The number of unbranched alkanes of at least 4 members (excludes halogenated alkanes) is 7. The van der Waals surface area contributed by atoms with Crippen molar-refractivity contribution in [3.05, 3.63) is 0 Å². The molecule has 4 N–H and O–H groups in total. The number of ether oxygens (including phenoxy) is 2. The molecule has 11 heteroatoms. The number of carbonyl (C=O) groups excluding carboxylic acids is 2. The number of carbonyl (C=O) groups is 2. The molecule has 1 aliphatic rings. The Bertz CT molecular complexity index is 612. The Morgan fingerprint density at radius 1 is 1.03 bits per heavy atom. The lowest BCUT2D eigenvalue weighted by Gasteiger charge is -2.44. The molecule has 0 bridgehead atoms. The first-order valence-electron chi connectivity index (χ1n) is 11.6. The van der Waals surface area contributed by atoms with Crippen molar-refractivity contribution in [3.63, 3.8) is 0 Å². The van der Waals surface area contributed by atoms with E-state index in [-0.39, 0.29) is 5.78 Å². The SMILES string of the molecule is CCCCCCCCCCO[C@@H]1[C@@H](NC(=O)CC(C)=O)[C@@H](OP(=O)(O)O)OC(CC)[C@H]1O. The lowest BCUT2D eigenvalue weighted by molar-refractivity contribution is -0.250. The van der Waals surface area contributed by atoms with Crippen LogP contribution in [0.3, 0.4) is 0 Å². The molecule has 0 aromatic heterocycles. The van der Waals surface area contributed by atoms with Crippen LogP contribution < -0.4 is 5.32 Å². The smallest absolute Gasteiger partial charge is 0.388 e. The number of ketones is 1. The number of phosphoric ester groups is 1. The molecule has 0 aromatic carbocycles. The molecule has 1 aliphatic heterocycles. The zero-order chi connectivity index (χ0) is 24.1. The highest BCUT2D eigenvalue weighted by atomic mass is 31.2. The van der Waals surface area contributed by atoms with Crippen LogP contribution in [0.1, 0.15) is 85.0 Å². The fourth-order valence-electron chi connectivity index (χ4n) is 3.75. The van der Waals surface area contributed by atoms with Crippen LogP contribution in [0.25, 0.3) is 0 Å². The van der Waals surface area contributed by atoms with E-state index in [9.17, 15) is 29.0 Å². The van der Waals surface area contributed by atoms with Crippen LogP contribution in [0.5, 0.6) is 0 Å². The summed E-state index contributed by atoms with van der Waals surface area (Å²) in [5.74, 6) is -1.05. The van der Waals surface area contributed by atoms with Gasteiger partial charge < -0.3 is 29.7 Å². The summed E-state index contributed by atoms with van der Waals surface area (Å²) in [5.41, 5.74) is 0. The number of phosphoric acid groups is 1. The molecule has 32 heavy (non-hydrogen) atoms. The largest absolute Gasteiger partial charge is 0.472 e. The van der Waals surface area contributed by atoms with Crippen molar-refractivity contribution in [2.75, 3.05) is 6.61 Å². The summed E-state index contributed by atoms with van der Waals surface area (Å²) in [6, 6.07) is -1.19. The van der Waals surface area contributed by atoms with Crippen molar-refractivity contribution in [3.8, 4) is 0 Å². The zero-order valence-corrected chi connectivity index (χ0v) is 20.3. The maximum atomic E-state index is 12.2. The van der Waals surface area contributed by atoms with Gasteiger partial charge in [0.05, 0.1) is 12.5 Å². The quantitative estimate of drug-likeness (QED) is 0.148. The molecule has 0 aromatic rings. The number of hydrogen-bond donors (Lipinski definition) is 4. The number of aliphatic hydroxyl groups is 1. The van der Waals surface area contributed by atoms with Gasteiger partial charge in [0.25, 0.3) is 0 Å². The lowest BCUT2D eigenvalue weighted by Crippen LogP contribution is -2.64. The van der Waals surface area contributed by atoms with Gasteiger partial charge in [-0.1, -0.05) is 58.8 Å². The molecule has 10 nitrogen and oxygen atoms in total. The summed E-state index contributed by atoms with van der Waals surface area (Å²) >= 11 is 0. The topological polar surface area (TPSA) is 152 Å². The van der Waals surface area contributed by atoms with Crippen LogP contribution in [-0.2, 0) is 28.2 Å². The Morgan fingerprint density at radius 2 is 1.62 bits per heavy atom. The predicted octanol–water partition coefficient (Wildman–Crippen LogP) is 2.58. The molecule has 1 heterocycles. The number of aliphatic hydroxyl groups excluding tert-OH is 1. The first kappa shape index (κ1) is 29.2. The first-order valence-corrected chi connectivity index (χ1v) is 13.1. The molecule has 0 saturated carbocycles. The number of amides is 1. The Morgan fingerprint density at radius 3 is 2.16 bits per heavy atom. The normalized spacial score (nSPS) is 26.1. The van der Waals surface area contributed by atoms with E-state index in [4.69, 9.17) is 14.0 Å². The molecular weight excluding hydrogens is 441 g/mol. The summed E-state index contributed by atoms with van der Waals surface area (Å²) in [6.07, 6.45) is 4.25. The van der Waals surface area contributed by atoms with Gasteiger partial charge in [-0.05, 0) is 19.8 Å². The summed E-state index contributed by atoms with van der Waals surface area (Å²) in [7, 11) is -4.96. The van der Waals surface area contributed by atoms with Crippen LogP contribution in [0.4, 0.5) is 0 Å². The van der Waals surface area contributed by atoms with E-state index in [1.165, 1.54) is 32.6 Å². The third-order valence-electron chi connectivity index (χ3n) is 5.36. The van der Waals surface area contributed by atoms with Crippen LogP contribution >= 0.6 is 7.82 Å². The highest BCUT2D eigenvalue weighted by Crippen LogP contribution is 2.41. The molecule has 5 atom stereocenters. The highest BCUT2D eigenvalue weighted by molar-refractivity contribution is 7.46. The summed E-state index contributed by atoms with van der Waals surface area (Å²) < 4.78 is 27.6. The third kappa shape index (κ3) is 11.3. The Kier molecular flexibility index (Phi) is 13.8. The fraction of sp³-hybridized carbons (Fsp3) is 0.905. The molecule has 1 fully saturated rings. The molecule has 188 valence electrons. The van der Waals surface area contributed by atoms with E-state index >= 15 is 0 Å². The van der Waals surface area contributed by atoms with Crippen molar-refractivity contribution >= 4 is 19.5 Å². The number of nitrogens with one attached hydrogen (secondary N) is 1. The monoisotopic (exact) mass is 481 g/mol. The molecular formula is C21H40NO9P. The number of hydrogen-bond acceptors (Lipinski definition) is 7. The molecule has 1 rings (SSSR count).